The standard InChI is InChI=1S/C30H48O7/c1-2-3-6-13-23(36-29-16-9-11-20-34-29)18-19-24-25(14-7-4-5-8-15-28(32)33)27(22-26(24)31)37-30-17-10-12-21-35-30/h8,15,18-19,23-25,27,29-30H,2-7,9-14,16-17,20-22H2,1H3,(H,32,33)/b15-8+,19-18+/t23-,24+,25+,27-,29?,30?/m0/s1. The van der Waals surface area contributed by atoms with E-state index in [0.717, 1.165) is 103 Å². The minimum atomic E-state index is -0.915. The number of carboxylic acids is 1. The van der Waals surface area contributed by atoms with Crippen molar-refractivity contribution < 1.29 is 33.6 Å². The van der Waals surface area contributed by atoms with Gasteiger partial charge in [0.15, 0.2) is 12.6 Å². The van der Waals surface area contributed by atoms with Crippen LogP contribution in [0.4, 0.5) is 0 Å². The van der Waals surface area contributed by atoms with Crippen molar-refractivity contribution in [1.82, 2.24) is 0 Å². The zero-order valence-electron chi connectivity index (χ0n) is 22.7. The largest absolute Gasteiger partial charge is 0.478 e. The number of allylic oxidation sites excluding steroid dienone is 2. The summed E-state index contributed by atoms with van der Waals surface area (Å²) >= 11 is 0. The highest BCUT2D eigenvalue weighted by atomic mass is 16.7. The topological polar surface area (TPSA) is 91.3 Å². The normalized spacial score (nSPS) is 29.9. The summed E-state index contributed by atoms with van der Waals surface area (Å²) < 4.78 is 24.4. The Balaban J connectivity index is 1.64. The van der Waals surface area contributed by atoms with Crippen LogP contribution in [0, 0.1) is 11.8 Å². The molecule has 3 fully saturated rings. The molecule has 2 unspecified atom stereocenters. The van der Waals surface area contributed by atoms with Crippen molar-refractivity contribution in [2.24, 2.45) is 11.8 Å². The second-order valence-electron chi connectivity index (χ2n) is 10.7. The molecule has 1 N–H and O–H groups in total. The number of ether oxygens (including phenoxy) is 4. The molecule has 2 saturated heterocycles. The molecule has 0 spiro atoms. The van der Waals surface area contributed by atoms with Crippen LogP contribution in [-0.2, 0) is 28.5 Å². The summed E-state index contributed by atoms with van der Waals surface area (Å²) in [6.07, 6.45) is 20.9. The van der Waals surface area contributed by atoms with Gasteiger partial charge in [-0.3, -0.25) is 4.79 Å². The molecule has 0 aromatic rings. The Labute approximate surface area is 222 Å². The molecule has 0 radical (unpaired) electrons. The second-order valence-corrected chi connectivity index (χ2v) is 10.7. The lowest BCUT2D eigenvalue weighted by Gasteiger charge is -2.30. The Hall–Kier alpha value is -1.54. The fourth-order valence-corrected chi connectivity index (χ4v) is 5.62. The predicted octanol–water partition coefficient (Wildman–Crippen LogP) is 6.35. The average Bonchev–Trinajstić information content (AvgIpc) is 3.19. The Morgan fingerprint density at radius 3 is 2.49 bits per heavy atom. The van der Waals surface area contributed by atoms with Crippen molar-refractivity contribution in [2.45, 2.75) is 128 Å². The molecule has 0 aromatic heterocycles. The lowest BCUT2D eigenvalue weighted by molar-refractivity contribution is -0.195. The van der Waals surface area contributed by atoms with E-state index in [2.05, 4.69) is 19.1 Å². The summed E-state index contributed by atoms with van der Waals surface area (Å²) in [5, 5.41) is 8.79. The van der Waals surface area contributed by atoms with Crippen LogP contribution in [0.15, 0.2) is 24.3 Å². The van der Waals surface area contributed by atoms with E-state index in [0.29, 0.717) is 6.42 Å². The summed E-state index contributed by atoms with van der Waals surface area (Å²) in [6.45, 7) is 3.67. The minimum Gasteiger partial charge on any atom is -0.478 e. The third-order valence-electron chi connectivity index (χ3n) is 7.69. The summed E-state index contributed by atoms with van der Waals surface area (Å²) in [6, 6.07) is 0. The molecule has 0 aromatic carbocycles. The Bertz CT molecular complexity index is 721. The first-order valence-corrected chi connectivity index (χ1v) is 14.7. The van der Waals surface area contributed by atoms with Crippen LogP contribution < -0.4 is 0 Å². The van der Waals surface area contributed by atoms with Crippen LogP contribution >= 0.6 is 0 Å². The van der Waals surface area contributed by atoms with Gasteiger partial charge in [-0.2, -0.15) is 0 Å². The molecule has 7 heteroatoms. The van der Waals surface area contributed by atoms with Crippen molar-refractivity contribution in [3.63, 3.8) is 0 Å². The number of aliphatic carboxylic acids is 1. The number of carboxylic acid groups (broad SMARTS) is 1. The van der Waals surface area contributed by atoms with Crippen molar-refractivity contribution in [3.05, 3.63) is 24.3 Å². The maximum Gasteiger partial charge on any atom is 0.327 e. The first kappa shape index (κ1) is 30.0. The molecule has 0 amide bonds. The number of ketones is 1. The number of carbonyl (C=O) groups is 2. The SMILES string of the molecule is CCCCC[C@@H](/C=C/[C@H]1C(=O)C[C@H](OC2CCCCO2)[C@@H]1CCCC/C=C/C(=O)O)OC1CCCCO1. The molecule has 1 saturated carbocycles. The smallest absolute Gasteiger partial charge is 0.327 e. The van der Waals surface area contributed by atoms with Gasteiger partial charge in [0.25, 0.3) is 0 Å². The molecule has 6 atom stereocenters. The molecule has 3 aliphatic rings. The van der Waals surface area contributed by atoms with E-state index in [1.54, 1.807) is 6.08 Å². The van der Waals surface area contributed by atoms with Crippen molar-refractivity contribution in [2.75, 3.05) is 13.2 Å². The highest BCUT2D eigenvalue weighted by Crippen LogP contribution is 2.38. The van der Waals surface area contributed by atoms with E-state index in [4.69, 9.17) is 24.1 Å². The Kier molecular flexibility index (Phi) is 13.9. The summed E-state index contributed by atoms with van der Waals surface area (Å²) in [7, 11) is 0. The highest BCUT2D eigenvalue weighted by Gasteiger charge is 2.42. The lowest BCUT2D eigenvalue weighted by atomic mass is 9.88. The summed E-state index contributed by atoms with van der Waals surface area (Å²) in [5.74, 6) is -0.774. The van der Waals surface area contributed by atoms with Gasteiger partial charge < -0.3 is 24.1 Å². The fraction of sp³-hybridized carbons (Fsp3) is 0.800. The van der Waals surface area contributed by atoms with Crippen LogP contribution in [-0.4, -0.2) is 54.9 Å². The Morgan fingerprint density at radius 1 is 1.05 bits per heavy atom. The van der Waals surface area contributed by atoms with E-state index < -0.39 is 5.97 Å². The summed E-state index contributed by atoms with van der Waals surface area (Å²) in [5.41, 5.74) is 0. The van der Waals surface area contributed by atoms with Crippen LogP contribution in [0.25, 0.3) is 0 Å². The number of hydrogen-bond acceptors (Lipinski definition) is 6. The van der Waals surface area contributed by atoms with Gasteiger partial charge in [0, 0.05) is 31.6 Å². The minimum absolute atomic E-state index is 0.0501. The second kappa shape index (κ2) is 17.1. The Morgan fingerprint density at radius 2 is 1.81 bits per heavy atom. The maximum atomic E-state index is 13.2. The van der Waals surface area contributed by atoms with E-state index >= 15 is 0 Å². The zero-order chi connectivity index (χ0) is 26.3. The maximum absolute atomic E-state index is 13.2. The average molecular weight is 521 g/mol. The first-order valence-electron chi connectivity index (χ1n) is 14.7. The predicted molar refractivity (Wildman–Crippen MR) is 142 cm³/mol. The zero-order valence-corrected chi connectivity index (χ0v) is 22.7. The van der Waals surface area contributed by atoms with Crippen molar-refractivity contribution in [1.29, 1.82) is 0 Å². The van der Waals surface area contributed by atoms with Crippen molar-refractivity contribution in [3.8, 4) is 0 Å². The van der Waals surface area contributed by atoms with E-state index in [-0.39, 0.29) is 42.4 Å². The lowest BCUT2D eigenvalue weighted by Crippen LogP contribution is -2.31. The molecule has 210 valence electrons. The van der Waals surface area contributed by atoms with Crippen LogP contribution in [0.5, 0.6) is 0 Å². The van der Waals surface area contributed by atoms with Crippen LogP contribution in [0.3, 0.4) is 0 Å². The van der Waals surface area contributed by atoms with Gasteiger partial charge in [0.2, 0.25) is 0 Å². The fourth-order valence-electron chi connectivity index (χ4n) is 5.62. The molecule has 2 aliphatic heterocycles. The highest BCUT2D eigenvalue weighted by molar-refractivity contribution is 5.86. The van der Waals surface area contributed by atoms with Gasteiger partial charge in [-0.15, -0.1) is 0 Å². The molecular weight excluding hydrogens is 472 g/mol. The van der Waals surface area contributed by atoms with Crippen LogP contribution in [0.2, 0.25) is 0 Å². The molecule has 2 heterocycles. The van der Waals surface area contributed by atoms with Gasteiger partial charge >= 0.3 is 5.97 Å². The number of hydrogen-bond donors (Lipinski definition) is 1. The first-order chi connectivity index (χ1) is 18.1. The van der Waals surface area contributed by atoms with E-state index in [1.165, 1.54) is 6.08 Å². The quantitative estimate of drug-likeness (QED) is 0.144. The van der Waals surface area contributed by atoms with Gasteiger partial charge in [-0.1, -0.05) is 50.8 Å². The third kappa shape index (κ3) is 11.0. The number of carbonyl (C=O) groups excluding carboxylic acids is 1. The van der Waals surface area contributed by atoms with Crippen molar-refractivity contribution >= 4 is 11.8 Å². The number of unbranched alkanes of at least 4 members (excludes halogenated alkanes) is 4. The van der Waals surface area contributed by atoms with Gasteiger partial charge in [-0.05, 0) is 70.1 Å². The molecule has 37 heavy (non-hydrogen) atoms. The molecule has 3 rings (SSSR count). The number of Topliss-reactive ketones (excluding diaryl/α,β-unsaturated/α-hetero) is 1. The van der Waals surface area contributed by atoms with Gasteiger partial charge in [0.1, 0.15) is 5.78 Å². The molecular formula is C30H48O7. The molecule has 1 aliphatic carbocycles. The van der Waals surface area contributed by atoms with Crippen LogP contribution in [0.1, 0.15) is 103 Å². The third-order valence-corrected chi connectivity index (χ3v) is 7.69. The molecule has 0 bridgehead atoms. The van der Waals surface area contributed by atoms with E-state index in [1.807, 2.05) is 0 Å². The van der Waals surface area contributed by atoms with Gasteiger partial charge in [-0.25, -0.2) is 4.79 Å². The van der Waals surface area contributed by atoms with Gasteiger partial charge in [0.05, 0.1) is 12.2 Å². The number of rotatable bonds is 16. The molecule has 7 nitrogen and oxygen atoms in total. The monoisotopic (exact) mass is 520 g/mol. The van der Waals surface area contributed by atoms with E-state index in [9.17, 15) is 9.59 Å². The summed E-state index contributed by atoms with van der Waals surface area (Å²) in [4.78, 5) is 23.9.